The molecule has 3 rings (SSSR count). The van der Waals surface area contributed by atoms with E-state index in [-0.39, 0.29) is 30.9 Å². The number of carbonyl (C=O) groups is 2. The monoisotopic (exact) mass is 413 g/mol. The third-order valence-electron chi connectivity index (χ3n) is 4.54. The number of halogens is 1. The smallest absolute Gasteiger partial charge is 0.417 e. The molecule has 2 aromatic rings. The number of allylic oxidation sites excluding steroid dienone is 1. The minimum atomic E-state index is -0.572. The summed E-state index contributed by atoms with van der Waals surface area (Å²) < 4.78 is 6.14. The number of hydrogen-bond donors (Lipinski definition) is 0. The highest BCUT2D eigenvalue weighted by Crippen LogP contribution is 2.32. The highest BCUT2D eigenvalue weighted by Gasteiger charge is 2.39. The first kappa shape index (κ1) is 18.4. The highest BCUT2D eigenvalue weighted by molar-refractivity contribution is 9.10. The molecule has 134 valence electrons. The van der Waals surface area contributed by atoms with Crippen molar-refractivity contribution in [1.82, 2.24) is 4.90 Å². The summed E-state index contributed by atoms with van der Waals surface area (Å²) in [4.78, 5) is 26.4. The Morgan fingerprint density at radius 2 is 1.92 bits per heavy atom. The molecular weight excluding hydrogens is 394 g/mol. The van der Waals surface area contributed by atoms with Gasteiger partial charge in [-0.25, -0.2) is 9.69 Å². The summed E-state index contributed by atoms with van der Waals surface area (Å²) in [6, 6.07) is 17.0. The van der Waals surface area contributed by atoms with E-state index in [4.69, 9.17) is 4.74 Å². The number of carbonyl (C=O) groups excluding carboxylic acids is 2. The molecule has 0 N–H and O–H groups in total. The highest BCUT2D eigenvalue weighted by atomic mass is 79.9. The second-order valence-electron chi connectivity index (χ2n) is 6.24. The standard InChI is InChI=1S/C21H20BrNO3/c1-2-6-17(15-9-11-18(22)12-10-15)13-20(24)23-19(14-26-21(23)25)16-7-4-3-5-8-16/h2-5,7-12,17,19H,1,6,13-14H2. The van der Waals surface area contributed by atoms with Crippen molar-refractivity contribution in [3.63, 3.8) is 0 Å². The van der Waals surface area contributed by atoms with Crippen molar-refractivity contribution in [2.75, 3.05) is 6.61 Å². The van der Waals surface area contributed by atoms with Crippen LogP contribution in [0.1, 0.15) is 35.9 Å². The van der Waals surface area contributed by atoms with Gasteiger partial charge in [-0.2, -0.15) is 0 Å². The number of rotatable bonds is 6. The van der Waals surface area contributed by atoms with Crippen LogP contribution in [0.25, 0.3) is 0 Å². The van der Waals surface area contributed by atoms with Crippen LogP contribution in [0.3, 0.4) is 0 Å². The number of cyclic esters (lactones) is 1. The van der Waals surface area contributed by atoms with Crippen LogP contribution < -0.4 is 0 Å². The van der Waals surface area contributed by atoms with Gasteiger partial charge in [-0.05, 0) is 35.6 Å². The molecule has 0 bridgehead atoms. The molecule has 1 fully saturated rings. The van der Waals surface area contributed by atoms with E-state index >= 15 is 0 Å². The minimum absolute atomic E-state index is 0.0297. The first-order valence-corrected chi connectivity index (χ1v) is 9.29. The summed E-state index contributed by atoms with van der Waals surface area (Å²) in [7, 11) is 0. The summed E-state index contributed by atoms with van der Waals surface area (Å²) in [5.74, 6) is -0.256. The Balaban J connectivity index is 1.80. The van der Waals surface area contributed by atoms with Gasteiger partial charge in [0.25, 0.3) is 0 Å². The van der Waals surface area contributed by atoms with Crippen molar-refractivity contribution in [2.45, 2.75) is 24.8 Å². The quantitative estimate of drug-likeness (QED) is 0.609. The number of nitrogens with zero attached hydrogens (tertiary/aromatic N) is 1. The van der Waals surface area contributed by atoms with E-state index in [9.17, 15) is 9.59 Å². The number of imide groups is 1. The maximum atomic E-state index is 12.9. The molecule has 2 atom stereocenters. The molecule has 0 saturated carbocycles. The van der Waals surface area contributed by atoms with E-state index in [1.54, 1.807) is 6.08 Å². The average molecular weight is 414 g/mol. The van der Waals surface area contributed by atoms with Crippen LogP contribution in [-0.2, 0) is 9.53 Å². The Morgan fingerprint density at radius 1 is 1.23 bits per heavy atom. The van der Waals surface area contributed by atoms with Crippen LogP contribution in [0.5, 0.6) is 0 Å². The van der Waals surface area contributed by atoms with Gasteiger partial charge in [0.1, 0.15) is 12.6 Å². The number of benzene rings is 2. The number of ether oxygens (including phenoxy) is 1. The van der Waals surface area contributed by atoms with Gasteiger partial charge in [0, 0.05) is 10.9 Å². The van der Waals surface area contributed by atoms with Crippen LogP contribution in [-0.4, -0.2) is 23.5 Å². The van der Waals surface area contributed by atoms with Crippen molar-refractivity contribution >= 4 is 27.9 Å². The molecule has 2 unspecified atom stereocenters. The second-order valence-corrected chi connectivity index (χ2v) is 7.16. The Labute approximate surface area is 161 Å². The Bertz CT molecular complexity index is 789. The predicted molar refractivity (Wildman–Crippen MR) is 104 cm³/mol. The first-order valence-electron chi connectivity index (χ1n) is 8.50. The van der Waals surface area contributed by atoms with E-state index in [2.05, 4.69) is 22.5 Å². The molecule has 0 spiro atoms. The second kappa shape index (κ2) is 8.32. The lowest BCUT2D eigenvalue weighted by molar-refractivity contribution is -0.129. The van der Waals surface area contributed by atoms with Gasteiger partial charge in [-0.1, -0.05) is 64.5 Å². The maximum absolute atomic E-state index is 12.9. The fourth-order valence-electron chi connectivity index (χ4n) is 3.20. The summed E-state index contributed by atoms with van der Waals surface area (Å²) >= 11 is 3.42. The van der Waals surface area contributed by atoms with Gasteiger partial charge in [0.05, 0.1) is 0 Å². The Morgan fingerprint density at radius 3 is 2.58 bits per heavy atom. The molecule has 0 aromatic heterocycles. The molecule has 1 aliphatic heterocycles. The van der Waals surface area contributed by atoms with Gasteiger partial charge in [-0.3, -0.25) is 4.79 Å². The number of amides is 2. The molecule has 2 aromatic carbocycles. The van der Waals surface area contributed by atoms with Crippen molar-refractivity contribution < 1.29 is 14.3 Å². The molecule has 26 heavy (non-hydrogen) atoms. The van der Waals surface area contributed by atoms with E-state index in [1.807, 2.05) is 54.6 Å². The average Bonchev–Trinajstić information content (AvgIpc) is 3.04. The molecule has 5 heteroatoms. The van der Waals surface area contributed by atoms with E-state index in [0.29, 0.717) is 6.42 Å². The van der Waals surface area contributed by atoms with Crippen molar-refractivity contribution in [3.05, 3.63) is 82.9 Å². The topological polar surface area (TPSA) is 46.6 Å². The van der Waals surface area contributed by atoms with E-state index < -0.39 is 6.09 Å². The van der Waals surface area contributed by atoms with Crippen LogP contribution in [0, 0.1) is 0 Å². The summed E-state index contributed by atoms with van der Waals surface area (Å²) in [6.45, 7) is 3.99. The zero-order valence-electron chi connectivity index (χ0n) is 14.3. The predicted octanol–water partition coefficient (Wildman–Crippen LogP) is 5.22. The fourth-order valence-corrected chi connectivity index (χ4v) is 3.46. The maximum Gasteiger partial charge on any atom is 0.417 e. The zero-order valence-corrected chi connectivity index (χ0v) is 15.9. The number of hydrogen-bond acceptors (Lipinski definition) is 3. The van der Waals surface area contributed by atoms with Gasteiger partial charge in [0.2, 0.25) is 5.91 Å². The molecule has 1 heterocycles. The third-order valence-corrected chi connectivity index (χ3v) is 5.07. The van der Waals surface area contributed by atoms with Gasteiger partial charge in [-0.15, -0.1) is 6.58 Å². The van der Waals surface area contributed by atoms with Crippen LogP contribution in [0.2, 0.25) is 0 Å². The molecule has 1 aliphatic rings. The summed E-state index contributed by atoms with van der Waals surface area (Å²) in [6.07, 6.45) is 2.12. The lowest BCUT2D eigenvalue weighted by atomic mass is 9.91. The largest absolute Gasteiger partial charge is 0.446 e. The third kappa shape index (κ3) is 4.05. The van der Waals surface area contributed by atoms with Crippen molar-refractivity contribution in [3.8, 4) is 0 Å². The summed E-state index contributed by atoms with van der Waals surface area (Å²) in [5, 5.41) is 0. The zero-order chi connectivity index (χ0) is 18.5. The molecule has 0 aliphatic carbocycles. The molecule has 4 nitrogen and oxygen atoms in total. The molecule has 2 amide bonds. The summed E-state index contributed by atoms with van der Waals surface area (Å²) in [5.41, 5.74) is 1.95. The lowest BCUT2D eigenvalue weighted by Gasteiger charge is -2.23. The molecular formula is C21H20BrNO3. The fraction of sp³-hybridized carbons (Fsp3) is 0.238. The van der Waals surface area contributed by atoms with E-state index in [1.165, 1.54) is 4.90 Å². The lowest BCUT2D eigenvalue weighted by Crippen LogP contribution is -2.35. The van der Waals surface area contributed by atoms with Crippen molar-refractivity contribution in [1.29, 1.82) is 0 Å². The van der Waals surface area contributed by atoms with Crippen LogP contribution in [0.15, 0.2) is 71.7 Å². The Kier molecular flexibility index (Phi) is 5.89. The SMILES string of the molecule is C=CCC(CC(=O)N1C(=O)OCC1c1ccccc1)c1ccc(Br)cc1. The van der Waals surface area contributed by atoms with Crippen LogP contribution >= 0.6 is 15.9 Å². The Hall–Kier alpha value is -2.40. The van der Waals surface area contributed by atoms with Gasteiger partial charge < -0.3 is 4.74 Å². The normalized spacial score (nSPS) is 17.7. The molecule has 0 radical (unpaired) electrons. The van der Waals surface area contributed by atoms with Gasteiger partial charge in [0.15, 0.2) is 0 Å². The van der Waals surface area contributed by atoms with E-state index in [0.717, 1.165) is 15.6 Å². The van der Waals surface area contributed by atoms with Crippen molar-refractivity contribution in [2.24, 2.45) is 0 Å². The molecule has 1 saturated heterocycles. The van der Waals surface area contributed by atoms with Crippen LogP contribution in [0.4, 0.5) is 4.79 Å². The first-order chi connectivity index (χ1) is 12.6. The minimum Gasteiger partial charge on any atom is -0.446 e. The van der Waals surface area contributed by atoms with Gasteiger partial charge >= 0.3 is 6.09 Å².